The molecule has 1 aromatic carbocycles. The van der Waals surface area contributed by atoms with E-state index in [4.69, 9.17) is 0 Å². The second-order valence-corrected chi connectivity index (χ2v) is 6.45. The second kappa shape index (κ2) is 6.36. The average molecular weight is 285 g/mol. The summed E-state index contributed by atoms with van der Waals surface area (Å²) in [6, 6.07) is 3.74. The molecule has 0 radical (unpaired) electrons. The van der Waals surface area contributed by atoms with E-state index in [1.54, 1.807) is 14.1 Å². The van der Waals surface area contributed by atoms with Gasteiger partial charge in [0, 0.05) is 26.3 Å². The summed E-state index contributed by atoms with van der Waals surface area (Å²) in [5, 5.41) is 4.70. The molecule has 108 valence electrons. The van der Waals surface area contributed by atoms with Crippen LogP contribution < -0.4 is 10.1 Å². The van der Waals surface area contributed by atoms with Crippen LogP contribution in [-0.4, -0.2) is 34.1 Å². The number of aryl methyl sites for hydroxylation is 2. The van der Waals surface area contributed by atoms with E-state index < -0.39 is 10.0 Å². The first-order chi connectivity index (χ1) is 8.77. The molecule has 1 aromatic rings. The average Bonchev–Trinajstić information content (AvgIpc) is 2.22. The number of anilines is 1. The summed E-state index contributed by atoms with van der Waals surface area (Å²) < 4.78 is 24.5. The molecule has 5 nitrogen and oxygen atoms in total. The molecular weight excluding hydrogens is 262 g/mol. The molecule has 0 saturated heterocycles. The number of benzene rings is 1. The molecular formula is C13H23N3O2S. The number of sulfonamides is 1. The van der Waals surface area contributed by atoms with Crippen LogP contribution >= 0.6 is 0 Å². The summed E-state index contributed by atoms with van der Waals surface area (Å²) >= 11 is 0. The van der Waals surface area contributed by atoms with E-state index >= 15 is 0 Å². The molecule has 0 bridgehead atoms. The number of hydrazine groups is 1. The maximum absolute atomic E-state index is 12.2. The molecule has 0 aliphatic rings. The predicted octanol–water partition coefficient (Wildman–Crippen LogP) is 1.88. The van der Waals surface area contributed by atoms with E-state index in [1.807, 2.05) is 26.0 Å². The molecule has 1 rings (SSSR count). The van der Waals surface area contributed by atoms with Crippen LogP contribution in [0.15, 0.2) is 17.0 Å². The maximum atomic E-state index is 12.2. The third-order valence-corrected chi connectivity index (χ3v) is 4.40. The number of hydrogen-bond acceptors (Lipinski definition) is 4. The van der Waals surface area contributed by atoms with Crippen LogP contribution in [0.2, 0.25) is 0 Å². The van der Waals surface area contributed by atoms with Crippen LogP contribution in [0.5, 0.6) is 0 Å². The Hall–Kier alpha value is -1.11. The van der Waals surface area contributed by atoms with Crippen molar-refractivity contribution in [3.63, 3.8) is 0 Å². The van der Waals surface area contributed by atoms with Gasteiger partial charge in [0.05, 0.1) is 4.90 Å². The van der Waals surface area contributed by atoms with E-state index in [2.05, 4.69) is 17.1 Å². The molecule has 0 aromatic heterocycles. The van der Waals surface area contributed by atoms with Crippen molar-refractivity contribution in [3.8, 4) is 0 Å². The molecule has 2 N–H and O–H groups in total. The third kappa shape index (κ3) is 4.19. The fourth-order valence-corrected chi connectivity index (χ4v) is 3.57. The number of nitrogens with zero attached hydrogens (tertiary/aromatic N) is 1. The Bertz CT molecular complexity index is 516. The Morgan fingerprint density at radius 1 is 1.16 bits per heavy atom. The van der Waals surface area contributed by atoms with Crippen molar-refractivity contribution in [2.24, 2.45) is 0 Å². The molecule has 0 unspecified atom stereocenters. The molecule has 0 heterocycles. The quantitative estimate of drug-likeness (QED) is 0.784. The molecule has 19 heavy (non-hydrogen) atoms. The van der Waals surface area contributed by atoms with Gasteiger partial charge in [0.1, 0.15) is 0 Å². The lowest BCUT2D eigenvalue weighted by atomic mass is 10.1. The summed E-state index contributed by atoms with van der Waals surface area (Å²) in [6.07, 6.45) is 1.03. The summed E-state index contributed by atoms with van der Waals surface area (Å²) in [6.45, 7) is 6.59. The smallest absolute Gasteiger partial charge is 0.253 e. The fraction of sp³-hybridized carbons (Fsp3) is 0.538. The summed E-state index contributed by atoms with van der Waals surface area (Å²) in [5.41, 5.74) is 2.45. The predicted molar refractivity (Wildman–Crippen MR) is 78.7 cm³/mol. The largest absolute Gasteiger partial charge is 0.385 e. The van der Waals surface area contributed by atoms with E-state index in [9.17, 15) is 8.42 Å². The first-order valence-electron chi connectivity index (χ1n) is 6.32. The van der Waals surface area contributed by atoms with Gasteiger partial charge in [-0.05, 0) is 43.5 Å². The highest BCUT2D eigenvalue weighted by Crippen LogP contribution is 2.24. The van der Waals surface area contributed by atoms with Crippen molar-refractivity contribution in [3.05, 3.63) is 23.3 Å². The zero-order chi connectivity index (χ0) is 14.6. The zero-order valence-corrected chi connectivity index (χ0v) is 13.1. The van der Waals surface area contributed by atoms with Gasteiger partial charge in [0.25, 0.3) is 10.0 Å². The molecule has 6 heteroatoms. The third-order valence-electron chi connectivity index (χ3n) is 2.61. The maximum Gasteiger partial charge on any atom is 0.253 e. The van der Waals surface area contributed by atoms with Crippen LogP contribution in [0.1, 0.15) is 24.5 Å². The van der Waals surface area contributed by atoms with Crippen molar-refractivity contribution < 1.29 is 8.42 Å². The lowest BCUT2D eigenvalue weighted by Gasteiger charge is -2.17. The molecule has 0 spiro atoms. The number of nitrogens with one attached hydrogen (secondary N) is 2. The van der Waals surface area contributed by atoms with Gasteiger partial charge in [-0.15, -0.1) is 4.83 Å². The van der Waals surface area contributed by atoms with Gasteiger partial charge in [-0.2, -0.15) is 0 Å². The Morgan fingerprint density at radius 3 is 2.11 bits per heavy atom. The monoisotopic (exact) mass is 285 g/mol. The minimum absolute atomic E-state index is 0.350. The van der Waals surface area contributed by atoms with E-state index in [-0.39, 0.29) is 0 Å². The van der Waals surface area contributed by atoms with Gasteiger partial charge in [0.2, 0.25) is 0 Å². The van der Waals surface area contributed by atoms with Crippen LogP contribution in [0.3, 0.4) is 0 Å². The van der Waals surface area contributed by atoms with Crippen molar-refractivity contribution in [1.82, 2.24) is 9.84 Å². The summed E-state index contributed by atoms with van der Waals surface area (Å²) in [5.74, 6) is 0. The van der Waals surface area contributed by atoms with Crippen molar-refractivity contribution in [2.45, 2.75) is 32.1 Å². The molecule has 0 fully saturated rings. The van der Waals surface area contributed by atoms with Crippen LogP contribution in [0.25, 0.3) is 0 Å². The molecule has 0 atom stereocenters. The molecule has 0 aliphatic heterocycles. The highest BCUT2D eigenvalue weighted by atomic mass is 32.2. The Balaban J connectivity index is 3.17. The van der Waals surface area contributed by atoms with Gasteiger partial charge in [-0.1, -0.05) is 6.92 Å². The van der Waals surface area contributed by atoms with E-state index in [0.29, 0.717) is 4.90 Å². The van der Waals surface area contributed by atoms with Crippen LogP contribution in [0.4, 0.5) is 5.69 Å². The zero-order valence-electron chi connectivity index (χ0n) is 12.2. The lowest BCUT2D eigenvalue weighted by molar-refractivity contribution is 0.363. The Morgan fingerprint density at radius 2 is 1.68 bits per heavy atom. The molecule has 0 amide bonds. The van der Waals surface area contributed by atoms with Gasteiger partial charge in [-0.25, -0.2) is 13.4 Å². The van der Waals surface area contributed by atoms with E-state index in [1.165, 1.54) is 5.01 Å². The van der Waals surface area contributed by atoms with Gasteiger partial charge in [-0.3, -0.25) is 0 Å². The SMILES string of the molecule is CCCNc1cc(C)c(S(=O)(=O)NN(C)C)c(C)c1. The van der Waals surface area contributed by atoms with Crippen LogP contribution in [-0.2, 0) is 10.0 Å². The van der Waals surface area contributed by atoms with Crippen molar-refractivity contribution >= 4 is 15.7 Å². The standard InChI is InChI=1S/C13H23N3O2S/c1-6-7-14-12-8-10(2)13(11(3)9-12)19(17,18)15-16(4)5/h8-9,14-15H,6-7H2,1-5H3. The Kier molecular flexibility index (Phi) is 5.34. The molecule has 0 aliphatic carbocycles. The van der Waals surface area contributed by atoms with Gasteiger partial charge >= 0.3 is 0 Å². The van der Waals surface area contributed by atoms with Crippen LogP contribution in [0, 0.1) is 13.8 Å². The normalized spacial score (nSPS) is 11.9. The summed E-state index contributed by atoms with van der Waals surface area (Å²) in [4.78, 5) is 2.82. The minimum atomic E-state index is -3.51. The molecule has 0 saturated carbocycles. The fourth-order valence-electron chi connectivity index (χ4n) is 2.03. The first kappa shape index (κ1) is 15.9. The number of rotatable bonds is 6. The second-order valence-electron chi connectivity index (χ2n) is 4.86. The highest BCUT2D eigenvalue weighted by molar-refractivity contribution is 7.89. The highest BCUT2D eigenvalue weighted by Gasteiger charge is 2.20. The first-order valence-corrected chi connectivity index (χ1v) is 7.81. The Labute approximate surface area is 116 Å². The minimum Gasteiger partial charge on any atom is -0.385 e. The lowest BCUT2D eigenvalue weighted by Crippen LogP contribution is -2.36. The van der Waals surface area contributed by atoms with Gasteiger partial charge in [0.15, 0.2) is 0 Å². The van der Waals surface area contributed by atoms with Crippen molar-refractivity contribution in [1.29, 1.82) is 0 Å². The van der Waals surface area contributed by atoms with Gasteiger partial charge < -0.3 is 5.32 Å². The van der Waals surface area contributed by atoms with Crippen molar-refractivity contribution in [2.75, 3.05) is 26.0 Å². The number of hydrogen-bond donors (Lipinski definition) is 2. The summed E-state index contributed by atoms with van der Waals surface area (Å²) in [7, 11) is -0.206. The topological polar surface area (TPSA) is 61.4 Å². The van der Waals surface area contributed by atoms with E-state index in [0.717, 1.165) is 29.8 Å².